The van der Waals surface area contributed by atoms with Gasteiger partial charge in [-0.3, -0.25) is 4.79 Å². The molecule has 0 fully saturated rings. The number of carbonyl (C=O) groups excluding carboxylic acids is 1. The van der Waals surface area contributed by atoms with Gasteiger partial charge in [-0.15, -0.1) is 16.4 Å². The zero-order valence-corrected chi connectivity index (χ0v) is 15.7. The summed E-state index contributed by atoms with van der Waals surface area (Å²) in [6.07, 6.45) is 2.73. The fraction of sp³-hybridized carbons (Fsp3) is 0.389. The number of amides is 1. The lowest BCUT2D eigenvalue weighted by molar-refractivity contribution is -0.124. The maximum absolute atomic E-state index is 12.7. The van der Waals surface area contributed by atoms with Gasteiger partial charge in [0.15, 0.2) is 0 Å². The molecule has 2 aromatic heterocycles. The van der Waals surface area contributed by atoms with Gasteiger partial charge in [-0.05, 0) is 21.9 Å². The van der Waals surface area contributed by atoms with Crippen LogP contribution in [0.4, 0.5) is 0 Å². The summed E-state index contributed by atoms with van der Waals surface area (Å²) in [5, 5.41) is 17.3. The van der Waals surface area contributed by atoms with E-state index in [1.807, 2.05) is 30.3 Å². The Balaban J connectivity index is 1.60. The standard InChI is InChI=1S/C18H22N6OS/c1-13(2)15-11-26-17(21-15)8-9-19-18(25)16(24-12-20-22-23-24)10-14-6-4-3-5-7-14/h3-7,11-13,16H,8-10H2,1-2H3,(H,19,25)/t16-/m0/s1. The van der Waals surface area contributed by atoms with E-state index in [2.05, 4.69) is 45.1 Å². The first kappa shape index (κ1) is 18.2. The van der Waals surface area contributed by atoms with Gasteiger partial charge >= 0.3 is 0 Å². The second-order valence-electron chi connectivity index (χ2n) is 6.36. The molecule has 26 heavy (non-hydrogen) atoms. The van der Waals surface area contributed by atoms with Gasteiger partial charge < -0.3 is 5.32 Å². The number of thiazole rings is 1. The van der Waals surface area contributed by atoms with Gasteiger partial charge in [-0.2, -0.15) is 0 Å². The van der Waals surface area contributed by atoms with Gasteiger partial charge in [0.05, 0.1) is 10.7 Å². The molecule has 0 aliphatic heterocycles. The quantitative estimate of drug-likeness (QED) is 0.658. The van der Waals surface area contributed by atoms with Gasteiger partial charge in [-0.1, -0.05) is 44.2 Å². The maximum Gasteiger partial charge on any atom is 0.245 e. The molecule has 1 atom stereocenters. The number of nitrogens with zero attached hydrogens (tertiary/aromatic N) is 5. The lowest BCUT2D eigenvalue weighted by Crippen LogP contribution is -2.35. The summed E-state index contributed by atoms with van der Waals surface area (Å²) in [6, 6.07) is 9.38. The van der Waals surface area contributed by atoms with Crippen LogP contribution in [0.5, 0.6) is 0 Å². The Morgan fingerprint density at radius 2 is 2.08 bits per heavy atom. The number of hydrogen-bond donors (Lipinski definition) is 1. The third kappa shape index (κ3) is 4.72. The summed E-state index contributed by atoms with van der Waals surface area (Å²) in [5.74, 6) is 0.325. The Hall–Kier alpha value is -2.61. The van der Waals surface area contributed by atoms with Crippen molar-refractivity contribution in [3.8, 4) is 0 Å². The van der Waals surface area contributed by atoms with E-state index in [0.29, 0.717) is 18.9 Å². The molecule has 0 aliphatic rings. The topological polar surface area (TPSA) is 85.6 Å². The van der Waals surface area contributed by atoms with E-state index >= 15 is 0 Å². The number of aromatic nitrogens is 5. The van der Waals surface area contributed by atoms with E-state index < -0.39 is 6.04 Å². The van der Waals surface area contributed by atoms with Crippen LogP contribution in [0.25, 0.3) is 0 Å². The lowest BCUT2D eigenvalue weighted by Gasteiger charge is -2.16. The Kier molecular flexibility index (Phi) is 6.06. The molecule has 3 aromatic rings. The summed E-state index contributed by atoms with van der Waals surface area (Å²) in [4.78, 5) is 17.3. The Labute approximate surface area is 156 Å². The third-order valence-corrected chi connectivity index (χ3v) is 4.98. The number of rotatable bonds is 8. The Morgan fingerprint density at radius 3 is 2.73 bits per heavy atom. The minimum atomic E-state index is -0.477. The Morgan fingerprint density at radius 1 is 1.27 bits per heavy atom. The van der Waals surface area contributed by atoms with Gasteiger partial charge in [-0.25, -0.2) is 9.67 Å². The average molecular weight is 370 g/mol. The molecule has 0 spiro atoms. The molecule has 0 aliphatic carbocycles. The van der Waals surface area contributed by atoms with Gasteiger partial charge in [0.2, 0.25) is 5.91 Å². The van der Waals surface area contributed by atoms with Gasteiger partial charge in [0, 0.05) is 24.8 Å². The molecule has 1 aromatic carbocycles. The highest BCUT2D eigenvalue weighted by molar-refractivity contribution is 7.09. The fourth-order valence-corrected chi connectivity index (χ4v) is 3.53. The first-order valence-electron chi connectivity index (χ1n) is 8.62. The van der Waals surface area contributed by atoms with Crippen LogP contribution < -0.4 is 5.32 Å². The van der Waals surface area contributed by atoms with Crippen LogP contribution in [0.15, 0.2) is 42.0 Å². The van der Waals surface area contributed by atoms with E-state index in [0.717, 1.165) is 22.7 Å². The second kappa shape index (κ2) is 8.66. The van der Waals surface area contributed by atoms with Crippen LogP contribution >= 0.6 is 11.3 Å². The van der Waals surface area contributed by atoms with Crippen molar-refractivity contribution in [2.45, 2.75) is 38.6 Å². The van der Waals surface area contributed by atoms with Crippen LogP contribution in [0, 0.1) is 0 Å². The molecule has 8 heteroatoms. The highest BCUT2D eigenvalue weighted by Crippen LogP contribution is 2.18. The molecule has 1 N–H and O–H groups in total. The highest BCUT2D eigenvalue weighted by Gasteiger charge is 2.22. The number of carbonyl (C=O) groups is 1. The Bertz CT molecular complexity index is 815. The SMILES string of the molecule is CC(C)c1csc(CCNC(=O)[C@H](Cc2ccccc2)n2cnnn2)n1. The summed E-state index contributed by atoms with van der Waals surface area (Å²) in [7, 11) is 0. The third-order valence-electron chi connectivity index (χ3n) is 4.06. The molecular formula is C18H22N6OS. The molecular weight excluding hydrogens is 348 g/mol. The molecule has 3 rings (SSSR count). The summed E-state index contributed by atoms with van der Waals surface area (Å²) in [5.41, 5.74) is 2.16. The van der Waals surface area contributed by atoms with E-state index in [1.54, 1.807) is 11.3 Å². The van der Waals surface area contributed by atoms with Crippen molar-refractivity contribution < 1.29 is 4.79 Å². The molecule has 7 nitrogen and oxygen atoms in total. The lowest BCUT2D eigenvalue weighted by atomic mass is 10.1. The molecule has 0 radical (unpaired) electrons. The van der Waals surface area contributed by atoms with Crippen molar-refractivity contribution >= 4 is 17.2 Å². The molecule has 0 saturated heterocycles. The van der Waals surface area contributed by atoms with Crippen molar-refractivity contribution in [3.63, 3.8) is 0 Å². The minimum Gasteiger partial charge on any atom is -0.354 e. The smallest absolute Gasteiger partial charge is 0.245 e. The van der Waals surface area contributed by atoms with Gasteiger partial charge in [0.25, 0.3) is 0 Å². The fourth-order valence-electron chi connectivity index (χ4n) is 2.57. The zero-order chi connectivity index (χ0) is 18.4. The van der Waals surface area contributed by atoms with Crippen molar-refractivity contribution in [2.24, 2.45) is 0 Å². The van der Waals surface area contributed by atoms with E-state index in [4.69, 9.17) is 0 Å². The first-order chi connectivity index (χ1) is 12.6. The summed E-state index contributed by atoms with van der Waals surface area (Å²) in [6.45, 7) is 4.79. The molecule has 136 valence electrons. The van der Waals surface area contributed by atoms with Crippen molar-refractivity contribution in [1.29, 1.82) is 0 Å². The first-order valence-corrected chi connectivity index (χ1v) is 9.50. The molecule has 0 saturated carbocycles. The number of hydrogen-bond acceptors (Lipinski definition) is 6. The van der Waals surface area contributed by atoms with Crippen LogP contribution in [0.1, 0.15) is 42.1 Å². The predicted molar refractivity (Wildman–Crippen MR) is 99.9 cm³/mol. The zero-order valence-electron chi connectivity index (χ0n) is 14.9. The summed E-state index contributed by atoms with van der Waals surface area (Å²) >= 11 is 1.64. The van der Waals surface area contributed by atoms with E-state index in [9.17, 15) is 4.79 Å². The van der Waals surface area contributed by atoms with Gasteiger partial charge in [0.1, 0.15) is 12.4 Å². The largest absolute Gasteiger partial charge is 0.354 e. The normalized spacial score (nSPS) is 12.3. The van der Waals surface area contributed by atoms with Crippen molar-refractivity contribution in [3.05, 3.63) is 58.3 Å². The van der Waals surface area contributed by atoms with Crippen LogP contribution in [-0.2, 0) is 17.6 Å². The molecule has 1 amide bonds. The van der Waals surface area contributed by atoms with E-state index in [-0.39, 0.29) is 5.91 Å². The monoisotopic (exact) mass is 370 g/mol. The number of nitrogens with one attached hydrogen (secondary N) is 1. The van der Waals surface area contributed by atoms with Crippen molar-refractivity contribution in [2.75, 3.05) is 6.54 Å². The number of benzene rings is 1. The van der Waals surface area contributed by atoms with Crippen molar-refractivity contribution in [1.82, 2.24) is 30.5 Å². The van der Waals surface area contributed by atoms with Crippen LogP contribution in [-0.4, -0.2) is 37.6 Å². The molecule has 0 unspecified atom stereocenters. The summed E-state index contributed by atoms with van der Waals surface area (Å²) < 4.78 is 1.50. The molecule has 0 bridgehead atoms. The molecule has 2 heterocycles. The number of tetrazole rings is 1. The highest BCUT2D eigenvalue weighted by atomic mass is 32.1. The minimum absolute atomic E-state index is 0.0956. The van der Waals surface area contributed by atoms with Crippen LogP contribution in [0.2, 0.25) is 0 Å². The van der Waals surface area contributed by atoms with Crippen LogP contribution in [0.3, 0.4) is 0 Å². The van der Waals surface area contributed by atoms with E-state index in [1.165, 1.54) is 11.0 Å². The average Bonchev–Trinajstić information content (AvgIpc) is 3.32. The second-order valence-corrected chi connectivity index (χ2v) is 7.30. The predicted octanol–water partition coefficient (Wildman–Crippen LogP) is 2.40. The maximum atomic E-state index is 12.7.